The molecule has 2 aromatic rings. The summed E-state index contributed by atoms with van der Waals surface area (Å²) in [6.45, 7) is 0. The fourth-order valence-corrected chi connectivity index (χ4v) is 1.38. The van der Waals surface area contributed by atoms with Gasteiger partial charge in [-0.2, -0.15) is 5.10 Å². The molecule has 6 heteroatoms. The van der Waals surface area contributed by atoms with E-state index >= 15 is 0 Å². The van der Waals surface area contributed by atoms with E-state index in [1.54, 1.807) is 42.5 Å². The molecule has 2 rings (SSSR count). The Morgan fingerprint density at radius 2 is 2.38 bits per heavy atom. The molecular formula is C10H10N4OS. The molecule has 0 bridgehead atoms. The second kappa shape index (κ2) is 4.28. The van der Waals surface area contributed by atoms with E-state index in [1.807, 2.05) is 0 Å². The number of pyridine rings is 1. The summed E-state index contributed by atoms with van der Waals surface area (Å²) >= 11 is 4.91. The Hall–Kier alpha value is -1.95. The Morgan fingerprint density at radius 3 is 3.00 bits per heavy atom. The zero-order valence-electron chi connectivity index (χ0n) is 8.62. The van der Waals surface area contributed by atoms with Crippen molar-refractivity contribution >= 4 is 17.2 Å². The predicted octanol–water partition coefficient (Wildman–Crippen LogP) is 1.24. The maximum atomic E-state index is 5.56. The van der Waals surface area contributed by atoms with E-state index in [-0.39, 0.29) is 4.99 Å². The van der Waals surface area contributed by atoms with Crippen molar-refractivity contribution in [2.24, 2.45) is 12.8 Å². The van der Waals surface area contributed by atoms with Gasteiger partial charge in [-0.25, -0.2) is 4.98 Å². The summed E-state index contributed by atoms with van der Waals surface area (Å²) < 4.78 is 7.17. The third kappa shape index (κ3) is 2.17. The maximum Gasteiger partial charge on any atom is 0.229 e. The summed E-state index contributed by atoms with van der Waals surface area (Å²) in [5.41, 5.74) is 6.18. The molecule has 0 saturated carbocycles. The van der Waals surface area contributed by atoms with Crippen molar-refractivity contribution in [3.8, 4) is 11.6 Å². The summed E-state index contributed by atoms with van der Waals surface area (Å²) in [4.78, 5) is 4.33. The van der Waals surface area contributed by atoms with Crippen molar-refractivity contribution in [2.75, 3.05) is 0 Å². The van der Waals surface area contributed by atoms with Crippen molar-refractivity contribution in [1.82, 2.24) is 14.8 Å². The standard InChI is InChI=1S/C10H10N4OS/c1-14-6-7(5-13-14)15-10-8(9(11)16)3-2-4-12-10/h2-6H,1H3,(H2,11,16). The Labute approximate surface area is 97.9 Å². The van der Waals surface area contributed by atoms with Crippen LogP contribution in [-0.2, 0) is 7.05 Å². The topological polar surface area (TPSA) is 66.0 Å². The second-order valence-electron chi connectivity index (χ2n) is 3.17. The number of aromatic nitrogens is 3. The van der Waals surface area contributed by atoms with Crippen LogP contribution >= 0.6 is 12.2 Å². The van der Waals surface area contributed by atoms with Crippen LogP contribution in [0.5, 0.6) is 11.6 Å². The van der Waals surface area contributed by atoms with Gasteiger partial charge in [-0.1, -0.05) is 12.2 Å². The summed E-state index contributed by atoms with van der Waals surface area (Å²) in [5, 5.41) is 3.99. The van der Waals surface area contributed by atoms with Gasteiger partial charge in [-0.3, -0.25) is 4.68 Å². The molecule has 0 unspecified atom stereocenters. The lowest BCUT2D eigenvalue weighted by Crippen LogP contribution is -2.11. The molecular weight excluding hydrogens is 224 g/mol. The van der Waals surface area contributed by atoms with Crippen LogP contribution in [-0.4, -0.2) is 19.8 Å². The van der Waals surface area contributed by atoms with E-state index in [9.17, 15) is 0 Å². The molecule has 0 aliphatic heterocycles. The zero-order valence-corrected chi connectivity index (χ0v) is 9.44. The van der Waals surface area contributed by atoms with E-state index in [4.69, 9.17) is 22.7 Å². The lowest BCUT2D eigenvalue weighted by atomic mass is 10.3. The molecule has 0 aliphatic carbocycles. The molecule has 2 N–H and O–H groups in total. The fourth-order valence-electron chi connectivity index (χ4n) is 1.22. The lowest BCUT2D eigenvalue weighted by molar-refractivity contribution is 0.461. The quantitative estimate of drug-likeness (QED) is 0.809. The van der Waals surface area contributed by atoms with Gasteiger partial charge in [0.25, 0.3) is 0 Å². The number of hydrogen-bond acceptors (Lipinski definition) is 4. The SMILES string of the molecule is Cn1cc(Oc2ncccc2C(N)=S)cn1. The normalized spacial score (nSPS) is 10.1. The molecule has 0 atom stereocenters. The number of ether oxygens (including phenoxy) is 1. The largest absolute Gasteiger partial charge is 0.435 e. The average molecular weight is 234 g/mol. The number of rotatable bonds is 3. The van der Waals surface area contributed by atoms with Gasteiger partial charge in [-0.05, 0) is 12.1 Å². The number of thiocarbonyl (C=S) groups is 1. The Kier molecular flexibility index (Phi) is 2.82. The van der Waals surface area contributed by atoms with Crippen LogP contribution in [0.3, 0.4) is 0 Å². The van der Waals surface area contributed by atoms with Crippen molar-refractivity contribution in [1.29, 1.82) is 0 Å². The minimum atomic E-state index is 0.256. The van der Waals surface area contributed by atoms with E-state index in [1.165, 1.54) is 0 Å². The number of nitrogens with two attached hydrogens (primary N) is 1. The Balaban J connectivity index is 2.31. The molecule has 0 fully saturated rings. The van der Waals surface area contributed by atoms with Gasteiger partial charge in [0, 0.05) is 13.2 Å². The molecule has 0 spiro atoms. The Bertz CT molecular complexity index is 523. The molecule has 0 saturated heterocycles. The third-order valence-corrected chi connectivity index (χ3v) is 2.15. The molecule has 0 radical (unpaired) electrons. The predicted molar refractivity (Wildman–Crippen MR) is 63.4 cm³/mol. The van der Waals surface area contributed by atoms with Crippen molar-refractivity contribution in [3.63, 3.8) is 0 Å². The first-order chi connectivity index (χ1) is 7.66. The smallest absolute Gasteiger partial charge is 0.229 e. The second-order valence-corrected chi connectivity index (χ2v) is 3.61. The van der Waals surface area contributed by atoms with Crippen LogP contribution in [0.15, 0.2) is 30.7 Å². The maximum absolute atomic E-state index is 5.56. The van der Waals surface area contributed by atoms with Crippen LogP contribution in [0.4, 0.5) is 0 Å². The van der Waals surface area contributed by atoms with Crippen LogP contribution in [0.1, 0.15) is 5.56 Å². The van der Waals surface area contributed by atoms with Crippen LogP contribution in [0.2, 0.25) is 0 Å². The van der Waals surface area contributed by atoms with E-state index in [2.05, 4.69) is 10.1 Å². The summed E-state index contributed by atoms with van der Waals surface area (Å²) in [6, 6.07) is 3.52. The highest BCUT2D eigenvalue weighted by Gasteiger charge is 2.08. The minimum Gasteiger partial charge on any atom is -0.435 e. The van der Waals surface area contributed by atoms with E-state index in [0.717, 1.165) is 0 Å². The first-order valence-corrected chi connectivity index (χ1v) is 4.99. The highest BCUT2D eigenvalue weighted by molar-refractivity contribution is 7.80. The van der Waals surface area contributed by atoms with Crippen molar-refractivity contribution in [2.45, 2.75) is 0 Å². The summed E-state index contributed by atoms with van der Waals surface area (Å²) in [7, 11) is 1.81. The summed E-state index contributed by atoms with van der Waals surface area (Å²) in [6.07, 6.45) is 4.95. The number of aryl methyl sites for hydroxylation is 1. The highest BCUT2D eigenvalue weighted by atomic mass is 32.1. The summed E-state index contributed by atoms with van der Waals surface area (Å²) in [5.74, 6) is 0.988. The molecule has 5 nitrogen and oxygen atoms in total. The van der Waals surface area contributed by atoms with Gasteiger partial charge in [0.05, 0.1) is 18.0 Å². The number of nitrogens with zero attached hydrogens (tertiary/aromatic N) is 3. The van der Waals surface area contributed by atoms with Gasteiger partial charge in [-0.15, -0.1) is 0 Å². The molecule has 0 aliphatic rings. The van der Waals surface area contributed by atoms with Gasteiger partial charge in [0.1, 0.15) is 4.99 Å². The molecule has 2 heterocycles. The van der Waals surface area contributed by atoms with Crippen molar-refractivity contribution in [3.05, 3.63) is 36.3 Å². The van der Waals surface area contributed by atoms with Gasteiger partial charge in [0.15, 0.2) is 5.75 Å². The number of hydrogen-bond donors (Lipinski definition) is 1. The monoisotopic (exact) mass is 234 g/mol. The highest BCUT2D eigenvalue weighted by Crippen LogP contribution is 2.21. The zero-order chi connectivity index (χ0) is 11.5. The molecule has 0 amide bonds. The third-order valence-electron chi connectivity index (χ3n) is 1.93. The minimum absolute atomic E-state index is 0.256. The molecule has 16 heavy (non-hydrogen) atoms. The van der Waals surface area contributed by atoms with E-state index < -0.39 is 0 Å². The van der Waals surface area contributed by atoms with E-state index in [0.29, 0.717) is 17.2 Å². The van der Waals surface area contributed by atoms with Gasteiger partial charge in [0.2, 0.25) is 5.88 Å². The van der Waals surface area contributed by atoms with Crippen molar-refractivity contribution < 1.29 is 4.74 Å². The molecule has 0 aromatic carbocycles. The van der Waals surface area contributed by atoms with Gasteiger partial charge >= 0.3 is 0 Å². The first-order valence-electron chi connectivity index (χ1n) is 4.58. The lowest BCUT2D eigenvalue weighted by Gasteiger charge is -2.06. The Morgan fingerprint density at radius 1 is 1.56 bits per heavy atom. The molecule has 82 valence electrons. The van der Waals surface area contributed by atoms with Gasteiger partial charge < -0.3 is 10.5 Å². The molecule has 2 aromatic heterocycles. The first kappa shape index (κ1) is 10.6. The van der Waals surface area contributed by atoms with Crippen LogP contribution in [0.25, 0.3) is 0 Å². The van der Waals surface area contributed by atoms with Crippen LogP contribution < -0.4 is 10.5 Å². The van der Waals surface area contributed by atoms with Crippen LogP contribution in [0, 0.1) is 0 Å². The fraction of sp³-hybridized carbons (Fsp3) is 0.100. The average Bonchev–Trinajstić information content (AvgIpc) is 2.64.